The first-order chi connectivity index (χ1) is 10.9. The van der Waals surface area contributed by atoms with Crippen LogP contribution in [-0.2, 0) is 20.6 Å². The van der Waals surface area contributed by atoms with Gasteiger partial charge in [0.1, 0.15) is 17.7 Å². The lowest BCUT2D eigenvalue weighted by atomic mass is 10.1. The predicted octanol–water partition coefficient (Wildman–Crippen LogP) is 0.209. The largest absolute Gasteiger partial charge is 0.370 e. The molecule has 0 bridgehead atoms. The number of aromatic nitrogens is 4. The molecule has 0 spiro atoms. The highest BCUT2D eigenvalue weighted by atomic mass is 16.2. The second-order valence-corrected chi connectivity index (χ2v) is 5.65. The van der Waals surface area contributed by atoms with Gasteiger partial charge in [0.15, 0.2) is 5.56 Å². The minimum Gasteiger partial charge on any atom is -0.370 e. The number of aryl methyl sites for hydroxylation is 1. The molecule has 122 valence electrons. The third-order valence-electron chi connectivity index (χ3n) is 3.83. The van der Waals surface area contributed by atoms with Crippen molar-refractivity contribution in [2.24, 2.45) is 20.0 Å². The van der Waals surface area contributed by atoms with E-state index in [0.717, 1.165) is 16.9 Å². The summed E-state index contributed by atoms with van der Waals surface area (Å²) in [5.41, 5.74) is -1.11. The van der Waals surface area contributed by atoms with Gasteiger partial charge >= 0.3 is 5.69 Å². The van der Waals surface area contributed by atoms with Crippen molar-refractivity contribution in [3.63, 3.8) is 0 Å². The van der Waals surface area contributed by atoms with Crippen molar-refractivity contribution in [3.8, 4) is 6.07 Å². The van der Waals surface area contributed by atoms with E-state index in [4.69, 9.17) is 0 Å². The number of hydrogen-bond donors (Lipinski definition) is 1. The monoisotopic (exact) mass is 316 g/mol. The van der Waals surface area contributed by atoms with Gasteiger partial charge in [-0.05, 0) is 12.8 Å². The Hall–Kier alpha value is -2.82. The Morgan fingerprint density at radius 1 is 1.35 bits per heavy atom. The second kappa shape index (κ2) is 6.52. The van der Waals surface area contributed by atoms with Gasteiger partial charge in [0, 0.05) is 39.6 Å². The number of imidazole rings is 1. The first kappa shape index (κ1) is 16.5. The summed E-state index contributed by atoms with van der Waals surface area (Å²) in [6.45, 7) is 5.24. The van der Waals surface area contributed by atoms with Crippen LogP contribution in [0.3, 0.4) is 0 Å². The summed E-state index contributed by atoms with van der Waals surface area (Å²) in [7, 11) is 2.90. The van der Waals surface area contributed by atoms with Crippen molar-refractivity contribution in [2.45, 2.75) is 20.4 Å². The van der Waals surface area contributed by atoms with Crippen LogP contribution >= 0.6 is 0 Å². The number of rotatable bonds is 5. The molecule has 0 fully saturated rings. The molecule has 1 N–H and O–H groups in total. The summed E-state index contributed by atoms with van der Waals surface area (Å²) >= 11 is 0. The second-order valence-electron chi connectivity index (χ2n) is 5.65. The zero-order chi connectivity index (χ0) is 17.1. The van der Waals surface area contributed by atoms with E-state index in [1.807, 2.05) is 30.7 Å². The maximum absolute atomic E-state index is 12.0. The van der Waals surface area contributed by atoms with Gasteiger partial charge in [-0.3, -0.25) is 13.9 Å². The van der Waals surface area contributed by atoms with E-state index < -0.39 is 11.2 Å². The zero-order valence-electron chi connectivity index (χ0n) is 13.7. The minimum absolute atomic E-state index is 0.0550. The van der Waals surface area contributed by atoms with E-state index in [1.165, 1.54) is 18.7 Å². The molecule has 0 aliphatic carbocycles. The summed E-state index contributed by atoms with van der Waals surface area (Å²) in [4.78, 5) is 28.2. The van der Waals surface area contributed by atoms with Crippen molar-refractivity contribution in [1.29, 1.82) is 5.26 Å². The van der Waals surface area contributed by atoms with Crippen LogP contribution in [0.5, 0.6) is 0 Å². The Morgan fingerprint density at radius 2 is 2.04 bits per heavy atom. The van der Waals surface area contributed by atoms with Gasteiger partial charge in [-0.1, -0.05) is 6.92 Å². The van der Waals surface area contributed by atoms with E-state index >= 15 is 0 Å². The van der Waals surface area contributed by atoms with Gasteiger partial charge in [-0.25, -0.2) is 9.78 Å². The molecule has 2 aromatic heterocycles. The zero-order valence-corrected chi connectivity index (χ0v) is 13.7. The molecule has 0 radical (unpaired) electrons. The number of nitrogens with one attached hydrogen (secondary N) is 1. The molecule has 0 amide bonds. The Bertz CT molecular complexity index is 868. The Kier molecular flexibility index (Phi) is 4.69. The predicted molar refractivity (Wildman–Crippen MR) is 86.3 cm³/mol. The van der Waals surface area contributed by atoms with E-state index in [0.29, 0.717) is 6.54 Å². The van der Waals surface area contributed by atoms with Crippen molar-refractivity contribution in [2.75, 3.05) is 11.9 Å². The lowest BCUT2D eigenvalue weighted by Gasteiger charge is -2.18. The summed E-state index contributed by atoms with van der Waals surface area (Å²) in [6.07, 6.45) is 3.65. The number of nitrogens with zero attached hydrogens (tertiary/aromatic N) is 5. The smallest absolute Gasteiger partial charge is 0.332 e. The van der Waals surface area contributed by atoms with Gasteiger partial charge in [0.25, 0.3) is 5.56 Å². The molecule has 0 aliphatic rings. The summed E-state index contributed by atoms with van der Waals surface area (Å²) in [5, 5.41) is 12.3. The SMILES string of the molecule is Cc1nccn1CC(C)CNc1c(C#N)c(=O)n(C)c(=O)n1C. The van der Waals surface area contributed by atoms with Crippen LogP contribution in [-0.4, -0.2) is 25.2 Å². The first-order valence-corrected chi connectivity index (χ1v) is 7.28. The maximum Gasteiger partial charge on any atom is 0.332 e. The van der Waals surface area contributed by atoms with Gasteiger partial charge in [0.05, 0.1) is 0 Å². The summed E-state index contributed by atoms with van der Waals surface area (Å²) in [5.74, 6) is 1.40. The van der Waals surface area contributed by atoms with Gasteiger partial charge in [-0.2, -0.15) is 5.26 Å². The molecule has 0 aliphatic heterocycles. The first-order valence-electron chi connectivity index (χ1n) is 7.28. The molecule has 2 rings (SSSR count). The lowest BCUT2D eigenvalue weighted by Crippen LogP contribution is -2.40. The van der Waals surface area contributed by atoms with E-state index in [2.05, 4.69) is 10.3 Å². The van der Waals surface area contributed by atoms with Crippen LogP contribution in [0.2, 0.25) is 0 Å². The van der Waals surface area contributed by atoms with Crippen LogP contribution in [0.1, 0.15) is 18.3 Å². The fourth-order valence-corrected chi connectivity index (χ4v) is 2.42. The average Bonchev–Trinajstić information content (AvgIpc) is 2.92. The van der Waals surface area contributed by atoms with E-state index in [1.54, 1.807) is 6.20 Å². The normalized spacial score (nSPS) is 12.0. The molecular formula is C15H20N6O2. The van der Waals surface area contributed by atoms with Crippen molar-refractivity contribution < 1.29 is 0 Å². The topological polar surface area (TPSA) is 97.6 Å². The lowest BCUT2D eigenvalue weighted by molar-refractivity contribution is 0.493. The van der Waals surface area contributed by atoms with Gasteiger partial charge in [0.2, 0.25) is 0 Å². The van der Waals surface area contributed by atoms with Crippen LogP contribution in [0, 0.1) is 24.2 Å². The molecule has 2 heterocycles. The molecular weight excluding hydrogens is 296 g/mol. The number of hydrogen-bond acceptors (Lipinski definition) is 5. The van der Waals surface area contributed by atoms with Crippen molar-refractivity contribution in [1.82, 2.24) is 18.7 Å². The Morgan fingerprint density at radius 3 is 2.61 bits per heavy atom. The third-order valence-corrected chi connectivity index (χ3v) is 3.83. The molecule has 23 heavy (non-hydrogen) atoms. The molecule has 0 saturated carbocycles. The highest BCUT2D eigenvalue weighted by molar-refractivity contribution is 5.51. The molecule has 0 saturated heterocycles. The number of nitriles is 1. The van der Waals surface area contributed by atoms with Gasteiger partial charge < -0.3 is 9.88 Å². The van der Waals surface area contributed by atoms with Crippen LogP contribution in [0.4, 0.5) is 5.82 Å². The Balaban J connectivity index is 2.21. The molecule has 1 unspecified atom stereocenters. The number of anilines is 1. The molecule has 8 heteroatoms. The minimum atomic E-state index is -0.587. The molecule has 8 nitrogen and oxygen atoms in total. The summed E-state index contributed by atoms with van der Waals surface area (Å²) in [6, 6.07) is 1.88. The fraction of sp³-hybridized carbons (Fsp3) is 0.467. The standard InChI is InChI=1S/C15H20N6O2/c1-10(9-21-6-5-17-11(21)2)8-18-13-12(7-16)14(22)20(4)15(23)19(13)3/h5-6,10,18H,8-9H2,1-4H3. The average molecular weight is 316 g/mol. The van der Waals surface area contributed by atoms with Crippen LogP contribution < -0.4 is 16.6 Å². The summed E-state index contributed by atoms with van der Waals surface area (Å²) < 4.78 is 4.25. The van der Waals surface area contributed by atoms with Gasteiger partial charge in [-0.15, -0.1) is 0 Å². The highest BCUT2D eigenvalue weighted by Crippen LogP contribution is 2.10. The molecule has 1 atom stereocenters. The quantitative estimate of drug-likeness (QED) is 0.850. The third kappa shape index (κ3) is 3.18. The van der Waals surface area contributed by atoms with Crippen molar-refractivity contribution >= 4 is 5.82 Å². The highest BCUT2D eigenvalue weighted by Gasteiger charge is 2.16. The maximum atomic E-state index is 12.0. The fourth-order valence-electron chi connectivity index (χ4n) is 2.42. The van der Waals surface area contributed by atoms with E-state index in [-0.39, 0.29) is 17.3 Å². The molecule has 2 aromatic rings. The van der Waals surface area contributed by atoms with Crippen LogP contribution in [0.15, 0.2) is 22.0 Å². The molecule has 0 aromatic carbocycles. The van der Waals surface area contributed by atoms with E-state index in [9.17, 15) is 14.9 Å². The Labute approximate surface area is 133 Å². The van der Waals surface area contributed by atoms with Crippen LogP contribution in [0.25, 0.3) is 0 Å². The van der Waals surface area contributed by atoms with Crippen molar-refractivity contribution in [3.05, 3.63) is 44.6 Å².